The highest BCUT2D eigenvalue weighted by Crippen LogP contribution is 2.32. The van der Waals surface area contributed by atoms with Crippen molar-refractivity contribution in [3.63, 3.8) is 0 Å². The molecule has 0 aliphatic carbocycles. The van der Waals surface area contributed by atoms with Gasteiger partial charge in [-0.25, -0.2) is 0 Å². The van der Waals surface area contributed by atoms with Crippen molar-refractivity contribution < 1.29 is 18.8 Å². The van der Waals surface area contributed by atoms with E-state index in [2.05, 4.69) is 32.5 Å². The van der Waals surface area contributed by atoms with Crippen molar-refractivity contribution in [1.29, 1.82) is 0 Å². The minimum Gasteiger partial charge on any atom is -0.454 e. The predicted octanol–water partition coefficient (Wildman–Crippen LogP) is 3.00. The molecule has 0 unspecified atom stereocenters. The number of ether oxygens (including phenoxy) is 2. The number of rotatable bonds is 5. The summed E-state index contributed by atoms with van der Waals surface area (Å²) < 4.78 is 15.8. The quantitative estimate of drug-likeness (QED) is 0.714. The van der Waals surface area contributed by atoms with Crippen LogP contribution in [0.2, 0.25) is 0 Å². The minimum absolute atomic E-state index is 0.0654. The van der Waals surface area contributed by atoms with Crippen LogP contribution in [0.1, 0.15) is 29.1 Å². The van der Waals surface area contributed by atoms with E-state index in [1.807, 2.05) is 30.3 Å². The first-order valence-corrected chi connectivity index (χ1v) is 9.62. The van der Waals surface area contributed by atoms with Crippen LogP contribution in [0.3, 0.4) is 0 Å². The Labute approximate surface area is 167 Å². The Kier molecular flexibility index (Phi) is 4.51. The fraction of sp³-hybridized carbons (Fsp3) is 0.286. The van der Waals surface area contributed by atoms with Gasteiger partial charge in [0.15, 0.2) is 11.5 Å². The number of carbonyl (C=O) groups excluding carboxylic acids is 1. The molecule has 1 saturated heterocycles. The van der Waals surface area contributed by atoms with Crippen molar-refractivity contribution in [2.75, 3.05) is 24.8 Å². The van der Waals surface area contributed by atoms with E-state index in [0.29, 0.717) is 23.9 Å². The molecule has 0 atom stereocenters. The van der Waals surface area contributed by atoms with Crippen LogP contribution >= 0.6 is 0 Å². The van der Waals surface area contributed by atoms with Crippen LogP contribution in [0.4, 0.5) is 5.69 Å². The minimum atomic E-state index is -0.421. The van der Waals surface area contributed by atoms with E-state index in [4.69, 9.17) is 14.0 Å². The van der Waals surface area contributed by atoms with Gasteiger partial charge in [0, 0.05) is 30.9 Å². The highest BCUT2D eigenvalue weighted by molar-refractivity contribution is 5.89. The Morgan fingerprint density at radius 3 is 2.66 bits per heavy atom. The number of nitrogens with zero attached hydrogens (tertiary/aromatic N) is 3. The first kappa shape index (κ1) is 17.5. The van der Waals surface area contributed by atoms with Gasteiger partial charge in [-0.3, -0.25) is 4.79 Å². The molecule has 1 N–H and O–H groups in total. The molecule has 0 saturated carbocycles. The normalized spacial score (nSPS) is 15.0. The molecular formula is C21H20N4O4. The zero-order valence-electron chi connectivity index (χ0n) is 15.8. The second-order valence-corrected chi connectivity index (χ2v) is 7.03. The van der Waals surface area contributed by atoms with Gasteiger partial charge in [-0.1, -0.05) is 11.2 Å². The van der Waals surface area contributed by atoms with Crippen LogP contribution in [-0.4, -0.2) is 35.9 Å². The number of anilines is 1. The Balaban J connectivity index is 1.23. The number of carbonyl (C=O) groups is 1. The van der Waals surface area contributed by atoms with E-state index < -0.39 is 5.91 Å². The lowest BCUT2D eigenvalue weighted by molar-refractivity contribution is 0.0907. The summed E-state index contributed by atoms with van der Waals surface area (Å²) in [6.45, 7) is 2.72. The molecule has 2 aliphatic heterocycles. The average molecular weight is 392 g/mol. The molecule has 3 heterocycles. The maximum atomic E-state index is 12.4. The van der Waals surface area contributed by atoms with E-state index in [1.165, 1.54) is 18.5 Å². The van der Waals surface area contributed by atoms with Crippen molar-refractivity contribution in [3.8, 4) is 22.9 Å². The first-order chi connectivity index (χ1) is 14.3. The largest absolute Gasteiger partial charge is 0.454 e. The molecule has 0 spiro atoms. The highest BCUT2D eigenvalue weighted by Gasteiger charge is 2.18. The van der Waals surface area contributed by atoms with Crippen LogP contribution in [-0.2, 0) is 6.54 Å². The molecule has 2 aromatic carbocycles. The number of amides is 1. The molecule has 1 amide bonds. The van der Waals surface area contributed by atoms with Crippen LogP contribution < -0.4 is 19.7 Å². The fourth-order valence-corrected chi connectivity index (χ4v) is 3.54. The lowest BCUT2D eigenvalue weighted by atomic mass is 10.2. The second kappa shape index (κ2) is 7.46. The Morgan fingerprint density at radius 1 is 1.03 bits per heavy atom. The molecule has 148 valence electrons. The van der Waals surface area contributed by atoms with E-state index in [0.717, 1.165) is 24.2 Å². The van der Waals surface area contributed by atoms with Crippen molar-refractivity contribution in [1.82, 2.24) is 15.5 Å². The molecule has 1 fully saturated rings. The molecule has 5 rings (SSSR count). The lowest BCUT2D eigenvalue weighted by Crippen LogP contribution is -2.23. The number of aromatic nitrogens is 2. The SMILES string of the molecule is O=C(NCc1ccc2c(c1)OCO2)c1nc(-c2ccc(N3CCCC3)cc2)no1. The van der Waals surface area contributed by atoms with Crippen molar-refractivity contribution in [2.45, 2.75) is 19.4 Å². The predicted molar refractivity (Wildman–Crippen MR) is 105 cm³/mol. The second-order valence-electron chi connectivity index (χ2n) is 7.03. The lowest BCUT2D eigenvalue weighted by Gasteiger charge is -2.17. The van der Waals surface area contributed by atoms with Gasteiger partial charge in [-0.05, 0) is 54.8 Å². The van der Waals surface area contributed by atoms with E-state index >= 15 is 0 Å². The van der Waals surface area contributed by atoms with E-state index in [1.54, 1.807) is 0 Å². The molecule has 2 aliphatic rings. The highest BCUT2D eigenvalue weighted by atomic mass is 16.7. The van der Waals surface area contributed by atoms with E-state index in [-0.39, 0.29) is 12.7 Å². The molecular weight excluding hydrogens is 372 g/mol. The summed E-state index contributed by atoms with van der Waals surface area (Å²) in [5.41, 5.74) is 2.89. The Morgan fingerprint density at radius 2 is 1.83 bits per heavy atom. The molecule has 1 aromatic heterocycles. The molecule has 0 bridgehead atoms. The third-order valence-electron chi connectivity index (χ3n) is 5.11. The smallest absolute Gasteiger partial charge is 0.316 e. The monoisotopic (exact) mass is 392 g/mol. The first-order valence-electron chi connectivity index (χ1n) is 9.62. The number of benzene rings is 2. The Hall–Kier alpha value is -3.55. The van der Waals surface area contributed by atoms with Crippen LogP contribution in [0.15, 0.2) is 47.0 Å². The maximum Gasteiger partial charge on any atom is 0.316 e. The van der Waals surface area contributed by atoms with Crippen molar-refractivity contribution in [3.05, 3.63) is 53.9 Å². The standard InChI is InChI=1S/C21H20N4O4/c26-20(22-12-14-3-8-17-18(11-14)28-13-27-17)21-23-19(24-29-21)15-4-6-16(7-5-15)25-9-1-2-10-25/h3-8,11H,1-2,9-10,12-13H2,(H,22,26). The van der Waals surface area contributed by atoms with Gasteiger partial charge in [0.25, 0.3) is 0 Å². The van der Waals surface area contributed by atoms with Crippen LogP contribution in [0.25, 0.3) is 11.4 Å². The van der Waals surface area contributed by atoms with Gasteiger partial charge in [-0.15, -0.1) is 0 Å². The van der Waals surface area contributed by atoms with Crippen LogP contribution in [0, 0.1) is 0 Å². The average Bonchev–Trinajstić information content (AvgIpc) is 3.53. The summed E-state index contributed by atoms with van der Waals surface area (Å²) in [6.07, 6.45) is 2.47. The summed E-state index contributed by atoms with van der Waals surface area (Å²) in [5, 5.41) is 6.72. The summed E-state index contributed by atoms with van der Waals surface area (Å²) in [7, 11) is 0. The summed E-state index contributed by atoms with van der Waals surface area (Å²) in [4.78, 5) is 18.9. The number of fused-ring (bicyclic) bond motifs is 1. The van der Waals surface area contributed by atoms with Gasteiger partial charge in [0.05, 0.1) is 0 Å². The molecule has 29 heavy (non-hydrogen) atoms. The van der Waals surface area contributed by atoms with Crippen molar-refractivity contribution in [2.24, 2.45) is 0 Å². The molecule has 8 nitrogen and oxygen atoms in total. The third kappa shape index (κ3) is 3.61. The van der Waals surface area contributed by atoms with Gasteiger partial charge in [-0.2, -0.15) is 4.98 Å². The zero-order valence-corrected chi connectivity index (χ0v) is 15.8. The van der Waals surface area contributed by atoms with Crippen LogP contribution in [0.5, 0.6) is 11.5 Å². The van der Waals surface area contributed by atoms with Gasteiger partial charge in [0.1, 0.15) is 0 Å². The van der Waals surface area contributed by atoms with Gasteiger partial charge >= 0.3 is 11.8 Å². The number of hydrogen-bond donors (Lipinski definition) is 1. The topological polar surface area (TPSA) is 89.7 Å². The third-order valence-corrected chi connectivity index (χ3v) is 5.11. The molecule has 8 heteroatoms. The zero-order chi connectivity index (χ0) is 19.6. The number of nitrogens with one attached hydrogen (secondary N) is 1. The van der Waals surface area contributed by atoms with Crippen molar-refractivity contribution >= 4 is 11.6 Å². The molecule has 3 aromatic rings. The summed E-state index contributed by atoms with van der Waals surface area (Å²) in [6, 6.07) is 13.5. The molecule has 0 radical (unpaired) electrons. The van der Waals surface area contributed by atoms with Gasteiger partial charge < -0.3 is 24.2 Å². The Bertz CT molecular complexity index is 1030. The maximum absolute atomic E-state index is 12.4. The van der Waals surface area contributed by atoms with Gasteiger partial charge in [0.2, 0.25) is 12.6 Å². The summed E-state index contributed by atoms with van der Waals surface area (Å²) in [5.74, 6) is 1.29. The summed E-state index contributed by atoms with van der Waals surface area (Å²) >= 11 is 0. The van der Waals surface area contributed by atoms with E-state index in [9.17, 15) is 4.79 Å². The fourth-order valence-electron chi connectivity index (χ4n) is 3.54. The number of hydrogen-bond acceptors (Lipinski definition) is 7.